The summed E-state index contributed by atoms with van der Waals surface area (Å²) >= 11 is 3.27. The van der Waals surface area contributed by atoms with Crippen molar-refractivity contribution in [3.05, 3.63) is 34.0 Å². The zero-order chi connectivity index (χ0) is 15.4. The summed E-state index contributed by atoms with van der Waals surface area (Å²) in [4.78, 5) is 11.9. The lowest BCUT2D eigenvalue weighted by Crippen LogP contribution is -2.13. The third-order valence-corrected chi connectivity index (χ3v) is 3.27. The molecule has 0 aliphatic heterocycles. The third-order valence-electron chi connectivity index (χ3n) is 2.84. The molecule has 0 amide bonds. The molecule has 0 aliphatic rings. The summed E-state index contributed by atoms with van der Waals surface area (Å²) in [5, 5.41) is 8.04. The first kappa shape index (κ1) is 15.8. The fourth-order valence-electron chi connectivity index (χ4n) is 1.99. The van der Waals surface area contributed by atoms with Gasteiger partial charge in [-0.15, -0.1) is 5.10 Å². The van der Waals surface area contributed by atoms with Gasteiger partial charge in [-0.1, -0.05) is 19.1 Å². The molecule has 0 unspecified atom stereocenters. The average Bonchev–Trinajstić information content (AvgIpc) is 2.97. The Hall–Kier alpha value is -1.63. The Kier molecular flexibility index (Phi) is 5.17. The maximum Gasteiger partial charge on any atom is 0.360 e. The van der Waals surface area contributed by atoms with E-state index in [0.29, 0.717) is 30.2 Å². The van der Waals surface area contributed by atoms with Crippen LogP contribution in [-0.2, 0) is 17.7 Å². The highest BCUT2D eigenvalue weighted by Gasteiger charge is 2.22. The molecule has 7 heteroatoms. The molecule has 21 heavy (non-hydrogen) atoms. The summed E-state index contributed by atoms with van der Waals surface area (Å²) in [7, 11) is 0. The van der Waals surface area contributed by atoms with Crippen LogP contribution in [0.4, 0.5) is 0 Å². The standard InChI is InChI=1S/C14H18BrN3O3/c1-4-20-14(19)13-11(7-9(2)3)18(17-16-13)8-10-5-6-12(15)21-10/h5-6,9H,4,7-8H2,1-3H3. The van der Waals surface area contributed by atoms with E-state index in [9.17, 15) is 4.79 Å². The van der Waals surface area contributed by atoms with Crippen molar-refractivity contribution in [2.24, 2.45) is 5.92 Å². The fraction of sp³-hybridized carbons (Fsp3) is 0.500. The van der Waals surface area contributed by atoms with Gasteiger partial charge in [0.1, 0.15) is 12.3 Å². The van der Waals surface area contributed by atoms with Crippen LogP contribution >= 0.6 is 15.9 Å². The van der Waals surface area contributed by atoms with Crippen molar-refractivity contribution < 1.29 is 13.9 Å². The Balaban J connectivity index is 2.29. The predicted molar refractivity (Wildman–Crippen MR) is 80.0 cm³/mol. The number of carbonyl (C=O) groups excluding carboxylic acids is 1. The number of rotatable bonds is 6. The van der Waals surface area contributed by atoms with Crippen LogP contribution in [0, 0.1) is 5.92 Å². The van der Waals surface area contributed by atoms with E-state index in [1.807, 2.05) is 12.1 Å². The smallest absolute Gasteiger partial charge is 0.360 e. The fourth-order valence-corrected chi connectivity index (χ4v) is 2.33. The maximum absolute atomic E-state index is 11.9. The SMILES string of the molecule is CCOC(=O)c1nnn(Cc2ccc(Br)o2)c1CC(C)C. The average molecular weight is 356 g/mol. The number of aromatic nitrogens is 3. The summed E-state index contributed by atoms with van der Waals surface area (Å²) in [6.45, 7) is 6.67. The molecule has 0 N–H and O–H groups in total. The Labute approximate surface area is 131 Å². The van der Waals surface area contributed by atoms with Gasteiger partial charge in [0, 0.05) is 0 Å². The Morgan fingerprint density at radius 1 is 1.48 bits per heavy atom. The molecule has 0 fully saturated rings. The van der Waals surface area contributed by atoms with Crippen LogP contribution < -0.4 is 0 Å². The van der Waals surface area contributed by atoms with E-state index in [1.165, 1.54) is 0 Å². The van der Waals surface area contributed by atoms with E-state index in [1.54, 1.807) is 11.6 Å². The van der Waals surface area contributed by atoms with Crippen LogP contribution in [0.25, 0.3) is 0 Å². The molecule has 2 aromatic heterocycles. The molecule has 0 spiro atoms. The minimum atomic E-state index is -0.431. The first-order valence-electron chi connectivity index (χ1n) is 6.85. The third kappa shape index (κ3) is 3.93. The lowest BCUT2D eigenvalue weighted by atomic mass is 10.1. The van der Waals surface area contributed by atoms with Crippen molar-refractivity contribution in [2.75, 3.05) is 6.61 Å². The molecule has 2 aromatic rings. The number of nitrogens with zero attached hydrogens (tertiary/aromatic N) is 3. The number of esters is 1. The van der Waals surface area contributed by atoms with Crippen molar-refractivity contribution >= 4 is 21.9 Å². The van der Waals surface area contributed by atoms with Gasteiger partial charge in [0.25, 0.3) is 0 Å². The number of hydrogen-bond acceptors (Lipinski definition) is 5. The molecule has 0 aromatic carbocycles. The quantitative estimate of drug-likeness (QED) is 0.744. The van der Waals surface area contributed by atoms with Gasteiger partial charge in [0.05, 0.1) is 12.3 Å². The first-order chi connectivity index (χ1) is 10.0. The van der Waals surface area contributed by atoms with Crippen molar-refractivity contribution in [2.45, 2.75) is 33.7 Å². The van der Waals surface area contributed by atoms with Crippen molar-refractivity contribution in [1.29, 1.82) is 0 Å². The number of hydrogen-bond donors (Lipinski definition) is 0. The van der Waals surface area contributed by atoms with Crippen LogP contribution in [0.2, 0.25) is 0 Å². The monoisotopic (exact) mass is 355 g/mol. The van der Waals surface area contributed by atoms with Crippen molar-refractivity contribution in [1.82, 2.24) is 15.0 Å². The maximum atomic E-state index is 11.9. The molecule has 0 atom stereocenters. The number of halogens is 1. The van der Waals surface area contributed by atoms with Gasteiger partial charge in [-0.2, -0.15) is 0 Å². The number of ether oxygens (including phenoxy) is 1. The van der Waals surface area contributed by atoms with Crippen molar-refractivity contribution in [3.63, 3.8) is 0 Å². The van der Waals surface area contributed by atoms with Gasteiger partial charge in [-0.05, 0) is 47.3 Å². The van der Waals surface area contributed by atoms with Crippen LogP contribution in [0.3, 0.4) is 0 Å². The molecular weight excluding hydrogens is 338 g/mol. The lowest BCUT2D eigenvalue weighted by Gasteiger charge is -2.09. The zero-order valence-electron chi connectivity index (χ0n) is 12.3. The molecule has 0 saturated heterocycles. The van der Waals surface area contributed by atoms with E-state index >= 15 is 0 Å². The lowest BCUT2D eigenvalue weighted by molar-refractivity contribution is 0.0517. The highest BCUT2D eigenvalue weighted by Crippen LogP contribution is 2.18. The first-order valence-corrected chi connectivity index (χ1v) is 7.64. The Bertz CT molecular complexity index is 619. The summed E-state index contributed by atoms with van der Waals surface area (Å²) in [5.74, 6) is 0.686. The highest BCUT2D eigenvalue weighted by molar-refractivity contribution is 9.10. The van der Waals surface area contributed by atoms with E-state index in [0.717, 1.165) is 11.5 Å². The second-order valence-electron chi connectivity index (χ2n) is 5.07. The minimum absolute atomic E-state index is 0.288. The van der Waals surface area contributed by atoms with Gasteiger partial charge in [0.15, 0.2) is 10.4 Å². The number of furan rings is 1. The minimum Gasteiger partial charge on any atom is -0.461 e. The second-order valence-corrected chi connectivity index (χ2v) is 5.85. The van der Waals surface area contributed by atoms with Crippen LogP contribution in [0.5, 0.6) is 0 Å². The van der Waals surface area contributed by atoms with Gasteiger partial charge >= 0.3 is 5.97 Å². The molecule has 0 aliphatic carbocycles. The molecule has 0 saturated carbocycles. The van der Waals surface area contributed by atoms with Gasteiger partial charge in [0.2, 0.25) is 0 Å². The van der Waals surface area contributed by atoms with Gasteiger partial charge in [-0.3, -0.25) is 0 Å². The van der Waals surface area contributed by atoms with E-state index in [-0.39, 0.29) is 5.69 Å². The summed E-state index contributed by atoms with van der Waals surface area (Å²) < 4.78 is 12.9. The highest BCUT2D eigenvalue weighted by atomic mass is 79.9. The molecule has 2 rings (SSSR count). The molecule has 114 valence electrons. The largest absolute Gasteiger partial charge is 0.461 e. The summed E-state index contributed by atoms with van der Waals surface area (Å²) in [6.07, 6.45) is 0.697. The van der Waals surface area contributed by atoms with Crippen LogP contribution in [0.1, 0.15) is 42.7 Å². The van der Waals surface area contributed by atoms with E-state index < -0.39 is 5.97 Å². The van der Waals surface area contributed by atoms with E-state index in [2.05, 4.69) is 40.1 Å². The zero-order valence-corrected chi connectivity index (χ0v) is 13.9. The summed E-state index contributed by atoms with van der Waals surface area (Å²) in [6, 6.07) is 3.68. The Morgan fingerprint density at radius 2 is 2.24 bits per heavy atom. The molecule has 2 heterocycles. The molecular formula is C14H18BrN3O3. The van der Waals surface area contributed by atoms with Crippen LogP contribution in [0.15, 0.2) is 21.2 Å². The normalized spacial score (nSPS) is 11.1. The van der Waals surface area contributed by atoms with E-state index in [4.69, 9.17) is 9.15 Å². The predicted octanol–water partition coefficient (Wildman–Crippen LogP) is 3.06. The molecule has 0 radical (unpaired) electrons. The molecule has 6 nitrogen and oxygen atoms in total. The molecule has 0 bridgehead atoms. The Morgan fingerprint density at radius 3 is 2.81 bits per heavy atom. The second kappa shape index (κ2) is 6.89. The van der Waals surface area contributed by atoms with Gasteiger partial charge < -0.3 is 9.15 Å². The summed E-state index contributed by atoms with van der Waals surface area (Å²) in [5.41, 5.74) is 1.06. The number of carbonyl (C=O) groups is 1. The van der Waals surface area contributed by atoms with Gasteiger partial charge in [-0.25, -0.2) is 9.48 Å². The topological polar surface area (TPSA) is 70.2 Å². The van der Waals surface area contributed by atoms with Crippen LogP contribution in [-0.4, -0.2) is 27.6 Å². The van der Waals surface area contributed by atoms with Crippen molar-refractivity contribution in [3.8, 4) is 0 Å².